The van der Waals surface area contributed by atoms with Gasteiger partial charge in [0, 0.05) is 38.2 Å². The average Bonchev–Trinajstić information content (AvgIpc) is 3.67. The molecule has 8 aromatic carbocycles. The lowest BCUT2D eigenvalue weighted by Gasteiger charge is -2.13. The highest BCUT2D eigenvalue weighted by Crippen LogP contribution is 2.39. The second-order valence-electron chi connectivity index (χ2n) is 13.1. The molecule has 0 aliphatic heterocycles. The third-order valence-electron chi connectivity index (χ3n) is 10.2. The Balaban J connectivity index is 1.22. The molecule has 0 spiro atoms. The van der Waals surface area contributed by atoms with Gasteiger partial charge in [0.05, 0.1) is 27.6 Å². The monoisotopic (exact) mass is 636 g/mol. The Morgan fingerprint density at radius 2 is 0.880 bits per heavy atom. The highest BCUT2D eigenvalue weighted by molar-refractivity contribution is 6.17. The maximum atomic E-state index is 5.47. The first-order valence-electron chi connectivity index (χ1n) is 17.0. The van der Waals surface area contributed by atoms with Crippen LogP contribution >= 0.6 is 0 Å². The van der Waals surface area contributed by atoms with E-state index in [1.165, 1.54) is 48.6 Å². The minimum Gasteiger partial charge on any atom is -0.309 e. The van der Waals surface area contributed by atoms with Crippen molar-refractivity contribution < 1.29 is 0 Å². The van der Waals surface area contributed by atoms with Crippen molar-refractivity contribution in [2.75, 3.05) is 0 Å². The highest BCUT2D eigenvalue weighted by Gasteiger charge is 2.20. The number of hydrogen-bond acceptors (Lipinski definition) is 2. The Kier molecular flexibility index (Phi) is 5.63. The Morgan fingerprint density at radius 3 is 1.58 bits per heavy atom. The summed E-state index contributed by atoms with van der Waals surface area (Å²) in [6.07, 6.45) is 0. The summed E-state index contributed by atoms with van der Waals surface area (Å²) in [5, 5.41) is 10.7. The van der Waals surface area contributed by atoms with Gasteiger partial charge in [-0.15, -0.1) is 0 Å². The van der Waals surface area contributed by atoms with Crippen LogP contribution in [0, 0.1) is 0 Å². The number of fused-ring (bicyclic) bond motifs is 9. The molecule has 11 rings (SSSR count). The van der Waals surface area contributed by atoms with Crippen LogP contribution in [0.5, 0.6) is 0 Å². The van der Waals surface area contributed by atoms with E-state index in [-0.39, 0.29) is 0 Å². The molecule has 0 unspecified atom stereocenters. The lowest BCUT2D eigenvalue weighted by atomic mass is 10.0. The SMILES string of the molecule is c1ccc(-n2c3ccccc3c3cc(-c4nc(-n5c6cc7ccccc7cc6c6cc7ccccc7cc65)c5ccccc5n4)ccc32)cc1. The molecule has 0 aliphatic carbocycles. The molecule has 4 nitrogen and oxygen atoms in total. The minimum atomic E-state index is 0.703. The van der Waals surface area contributed by atoms with Gasteiger partial charge < -0.3 is 4.57 Å². The Morgan fingerprint density at radius 1 is 0.340 bits per heavy atom. The van der Waals surface area contributed by atoms with Crippen LogP contribution in [0.25, 0.3) is 99.0 Å². The van der Waals surface area contributed by atoms with Gasteiger partial charge in [0.1, 0.15) is 5.82 Å². The van der Waals surface area contributed by atoms with Gasteiger partial charge >= 0.3 is 0 Å². The zero-order chi connectivity index (χ0) is 32.8. The summed E-state index contributed by atoms with van der Waals surface area (Å²) in [5.41, 5.74) is 7.63. The van der Waals surface area contributed by atoms with Crippen molar-refractivity contribution >= 4 is 76.1 Å². The third-order valence-corrected chi connectivity index (χ3v) is 10.2. The molecule has 0 saturated carbocycles. The Bertz CT molecular complexity index is 3060. The second-order valence-corrected chi connectivity index (χ2v) is 13.1. The van der Waals surface area contributed by atoms with Gasteiger partial charge in [-0.05, 0) is 94.3 Å². The van der Waals surface area contributed by atoms with Crippen molar-refractivity contribution in [2.24, 2.45) is 0 Å². The van der Waals surface area contributed by atoms with Crippen LogP contribution in [0.4, 0.5) is 0 Å². The third kappa shape index (κ3) is 3.93. The van der Waals surface area contributed by atoms with Crippen LogP contribution in [0.2, 0.25) is 0 Å². The van der Waals surface area contributed by atoms with E-state index in [0.29, 0.717) is 5.82 Å². The van der Waals surface area contributed by atoms with Crippen LogP contribution in [-0.4, -0.2) is 19.1 Å². The number of aromatic nitrogens is 4. The summed E-state index contributed by atoms with van der Waals surface area (Å²) in [6.45, 7) is 0. The zero-order valence-corrected chi connectivity index (χ0v) is 27.0. The van der Waals surface area contributed by atoms with Crippen molar-refractivity contribution in [3.8, 4) is 22.9 Å². The molecule has 0 N–H and O–H groups in total. The molecular weight excluding hydrogens is 609 g/mol. The van der Waals surface area contributed by atoms with E-state index >= 15 is 0 Å². The Labute approximate surface area is 287 Å². The largest absolute Gasteiger partial charge is 0.309 e. The molecule has 0 saturated heterocycles. The molecule has 232 valence electrons. The Hall–Kier alpha value is -6.78. The lowest BCUT2D eigenvalue weighted by molar-refractivity contribution is 1.08. The summed E-state index contributed by atoms with van der Waals surface area (Å²) >= 11 is 0. The summed E-state index contributed by atoms with van der Waals surface area (Å²) in [4.78, 5) is 10.7. The van der Waals surface area contributed by atoms with E-state index in [9.17, 15) is 0 Å². The molecule has 3 aromatic heterocycles. The lowest BCUT2D eigenvalue weighted by Crippen LogP contribution is -2.02. The topological polar surface area (TPSA) is 35.6 Å². The van der Waals surface area contributed by atoms with Crippen molar-refractivity contribution in [1.82, 2.24) is 19.1 Å². The fourth-order valence-electron chi connectivity index (χ4n) is 7.94. The van der Waals surface area contributed by atoms with Crippen LogP contribution in [0.1, 0.15) is 0 Å². The highest BCUT2D eigenvalue weighted by atomic mass is 15.1. The van der Waals surface area contributed by atoms with Crippen LogP contribution in [-0.2, 0) is 0 Å². The van der Waals surface area contributed by atoms with E-state index in [1.54, 1.807) is 0 Å². The van der Waals surface area contributed by atoms with E-state index < -0.39 is 0 Å². The van der Waals surface area contributed by atoms with Crippen molar-refractivity contribution in [2.45, 2.75) is 0 Å². The van der Waals surface area contributed by atoms with Crippen molar-refractivity contribution in [1.29, 1.82) is 0 Å². The predicted octanol–water partition coefficient (Wildman–Crippen LogP) is 11.8. The van der Waals surface area contributed by atoms with Crippen LogP contribution < -0.4 is 0 Å². The molecular formula is C46H28N4. The first-order valence-corrected chi connectivity index (χ1v) is 17.0. The molecule has 3 heterocycles. The van der Waals surface area contributed by atoms with Gasteiger partial charge in [0.2, 0.25) is 0 Å². The normalized spacial score (nSPS) is 12.0. The summed E-state index contributed by atoms with van der Waals surface area (Å²) < 4.78 is 4.70. The summed E-state index contributed by atoms with van der Waals surface area (Å²) in [6, 6.07) is 60.8. The maximum absolute atomic E-state index is 5.47. The molecule has 0 aliphatic rings. The smallest absolute Gasteiger partial charge is 0.162 e. The molecule has 0 bridgehead atoms. The quantitative estimate of drug-likeness (QED) is 0.193. The van der Waals surface area contributed by atoms with E-state index in [0.717, 1.165) is 44.5 Å². The van der Waals surface area contributed by atoms with E-state index in [2.05, 4.69) is 179 Å². The number of hydrogen-bond donors (Lipinski definition) is 0. The summed E-state index contributed by atoms with van der Waals surface area (Å²) in [7, 11) is 0. The number of para-hydroxylation sites is 3. The van der Waals surface area contributed by atoms with Crippen LogP contribution in [0.15, 0.2) is 170 Å². The zero-order valence-electron chi connectivity index (χ0n) is 27.0. The fraction of sp³-hybridized carbons (Fsp3) is 0. The van der Waals surface area contributed by atoms with E-state index in [4.69, 9.17) is 9.97 Å². The summed E-state index contributed by atoms with van der Waals surface area (Å²) in [5.74, 6) is 1.58. The average molecular weight is 637 g/mol. The fourth-order valence-corrected chi connectivity index (χ4v) is 7.94. The first-order chi connectivity index (χ1) is 24.8. The molecule has 50 heavy (non-hydrogen) atoms. The molecule has 0 fully saturated rings. The van der Waals surface area contributed by atoms with Gasteiger partial charge in [-0.1, -0.05) is 97.1 Å². The van der Waals surface area contributed by atoms with Crippen molar-refractivity contribution in [3.05, 3.63) is 170 Å². The van der Waals surface area contributed by atoms with Crippen molar-refractivity contribution in [3.63, 3.8) is 0 Å². The predicted molar refractivity (Wildman–Crippen MR) is 209 cm³/mol. The van der Waals surface area contributed by atoms with Gasteiger partial charge in [0.25, 0.3) is 0 Å². The maximum Gasteiger partial charge on any atom is 0.162 e. The number of benzene rings is 8. The number of nitrogens with zero attached hydrogens (tertiary/aromatic N) is 4. The first kappa shape index (κ1) is 27.2. The van der Waals surface area contributed by atoms with E-state index in [1.807, 2.05) is 0 Å². The minimum absolute atomic E-state index is 0.703. The van der Waals surface area contributed by atoms with Gasteiger partial charge in [-0.3, -0.25) is 4.57 Å². The number of rotatable bonds is 3. The molecule has 0 radical (unpaired) electrons. The standard InChI is InChI=1S/C46H28N4/c1-2-16-34(17-3-1)49-41-21-11-9-18-35(41)37-26-33(22-23-42(37)49)45-47-40-20-10-8-19-36(40)46(48-45)50-43-27-31-14-6-4-12-29(31)24-38(43)39-25-30-13-5-7-15-32(30)28-44(39)50/h1-28H. The second kappa shape index (κ2) is 10.4. The molecule has 0 atom stereocenters. The van der Waals surface area contributed by atoms with Crippen LogP contribution in [0.3, 0.4) is 0 Å². The molecule has 11 aromatic rings. The van der Waals surface area contributed by atoms with Gasteiger partial charge in [-0.25, -0.2) is 9.97 Å². The molecule has 4 heteroatoms. The van der Waals surface area contributed by atoms with Gasteiger partial charge in [-0.2, -0.15) is 0 Å². The molecule has 0 amide bonds. The van der Waals surface area contributed by atoms with Gasteiger partial charge in [0.15, 0.2) is 5.82 Å².